The van der Waals surface area contributed by atoms with Crippen molar-refractivity contribution in [2.75, 3.05) is 4.90 Å². The van der Waals surface area contributed by atoms with Gasteiger partial charge in [0.05, 0.1) is 35.4 Å². The maximum absolute atomic E-state index is 14.4. The Morgan fingerprint density at radius 3 is 2.47 bits per heavy atom. The summed E-state index contributed by atoms with van der Waals surface area (Å²) in [7, 11) is 0. The molecule has 0 spiro atoms. The molecule has 0 bridgehead atoms. The summed E-state index contributed by atoms with van der Waals surface area (Å²) in [4.78, 5) is 32.8. The van der Waals surface area contributed by atoms with Crippen molar-refractivity contribution in [3.63, 3.8) is 0 Å². The largest absolute Gasteiger partial charge is 0.391 e. The van der Waals surface area contributed by atoms with Crippen LogP contribution in [0.4, 0.5) is 14.5 Å². The lowest BCUT2D eigenvalue weighted by Gasteiger charge is -2.45. The zero-order valence-electron chi connectivity index (χ0n) is 18.2. The first kappa shape index (κ1) is 22.6. The lowest BCUT2D eigenvalue weighted by molar-refractivity contribution is -0.132. The quantitative estimate of drug-likeness (QED) is 0.529. The molecule has 7 nitrogen and oxygen atoms in total. The van der Waals surface area contributed by atoms with Crippen molar-refractivity contribution in [3.05, 3.63) is 65.7 Å². The number of amides is 2. The van der Waals surface area contributed by atoms with Crippen molar-refractivity contribution < 1.29 is 33.4 Å². The summed E-state index contributed by atoms with van der Waals surface area (Å²) < 4.78 is 27.8. The fraction of sp³-hybridized carbons (Fsp3) is 0.400. The first-order chi connectivity index (χ1) is 16.4. The van der Waals surface area contributed by atoms with E-state index in [9.17, 15) is 28.6 Å². The number of oxime groups is 1. The Morgan fingerprint density at radius 1 is 1.00 bits per heavy atom. The summed E-state index contributed by atoms with van der Waals surface area (Å²) in [5.74, 6) is -5.92. The van der Waals surface area contributed by atoms with Crippen LogP contribution in [0, 0.1) is 35.3 Å². The van der Waals surface area contributed by atoms with Gasteiger partial charge >= 0.3 is 0 Å². The Morgan fingerprint density at radius 2 is 1.74 bits per heavy atom. The van der Waals surface area contributed by atoms with Gasteiger partial charge in [0.1, 0.15) is 18.2 Å². The van der Waals surface area contributed by atoms with Crippen LogP contribution in [0.2, 0.25) is 0 Å². The van der Waals surface area contributed by atoms with Crippen molar-refractivity contribution >= 4 is 23.2 Å². The highest BCUT2D eigenvalue weighted by molar-refractivity contribution is 6.22. The molecule has 2 N–H and O–H groups in total. The highest BCUT2D eigenvalue weighted by atomic mass is 19.1. The molecule has 1 saturated heterocycles. The van der Waals surface area contributed by atoms with Gasteiger partial charge in [0.25, 0.3) is 0 Å². The number of nitrogens with zero attached hydrogens (tertiary/aromatic N) is 2. The van der Waals surface area contributed by atoms with E-state index in [0.717, 1.165) is 22.6 Å². The molecule has 3 aliphatic rings. The normalized spacial score (nSPS) is 32.0. The molecule has 34 heavy (non-hydrogen) atoms. The van der Waals surface area contributed by atoms with Crippen LogP contribution in [0.15, 0.2) is 53.7 Å². The van der Waals surface area contributed by atoms with E-state index >= 15 is 0 Å². The number of aliphatic hydroxyl groups excluding tert-OH is 2. The number of rotatable bonds is 4. The van der Waals surface area contributed by atoms with Gasteiger partial charge in [-0.05, 0) is 30.5 Å². The minimum absolute atomic E-state index is 0.0902. The van der Waals surface area contributed by atoms with Gasteiger partial charge in [0, 0.05) is 24.3 Å². The smallest absolute Gasteiger partial charge is 0.238 e. The molecule has 6 atom stereocenters. The number of imide groups is 1. The predicted octanol–water partition coefficient (Wildman–Crippen LogP) is 2.79. The first-order valence-electron chi connectivity index (χ1n) is 11.3. The highest BCUT2D eigenvalue weighted by Crippen LogP contribution is 2.50. The molecular formula is C25H24F2N2O5. The average molecular weight is 470 g/mol. The number of carbonyl (C=O) groups excluding carboxylic acids is 2. The maximum atomic E-state index is 14.4. The zero-order chi connectivity index (χ0) is 24.0. The van der Waals surface area contributed by atoms with E-state index in [4.69, 9.17) is 4.84 Å². The van der Waals surface area contributed by atoms with Crippen LogP contribution in [-0.4, -0.2) is 39.9 Å². The third-order valence-electron chi connectivity index (χ3n) is 7.19. The summed E-state index contributed by atoms with van der Waals surface area (Å²) in [5, 5.41) is 25.6. The number of anilines is 1. The molecule has 2 aliphatic carbocycles. The summed E-state index contributed by atoms with van der Waals surface area (Å²) in [5.41, 5.74) is 1.13. The van der Waals surface area contributed by atoms with Crippen molar-refractivity contribution in [1.82, 2.24) is 0 Å². The molecule has 2 aromatic carbocycles. The Balaban J connectivity index is 1.42. The second-order valence-corrected chi connectivity index (χ2v) is 9.10. The Bertz CT molecular complexity index is 1140. The fourth-order valence-corrected chi connectivity index (χ4v) is 5.64. The molecule has 2 amide bonds. The monoisotopic (exact) mass is 470 g/mol. The molecule has 2 aromatic rings. The van der Waals surface area contributed by atoms with E-state index in [1.165, 1.54) is 0 Å². The number of halogens is 2. The number of fused-ring (bicyclic) bond motifs is 3. The summed E-state index contributed by atoms with van der Waals surface area (Å²) in [6, 6.07) is 12.1. The highest BCUT2D eigenvalue weighted by Gasteiger charge is 2.60. The van der Waals surface area contributed by atoms with E-state index in [1.807, 2.05) is 30.3 Å². The fourth-order valence-electron chi connectivity index (χ4n) is 5.64. The molecule has 1 aliphatic heterocycles. The van der Waals surface area contributed by atoms with E-state index in [1.54, 1.807) is 0 Å². The molecule has 3 fully saturated rings. The van der Waals surface area contributed by atoms with Gasteiger partial charge in [0.15, 0.2) is 0 Å². The Labute approximate surface area is 194 Å². The number of carbonyl (C=O) groups is 2. The van der Waals surface area contributed by atoms with Crippen LogP contribution in [0.5, 0.6) is 0 Å². The SMILES string of the molecule is O=C1[C@H]2[C@H]3[C@H](O)[C@H](O)C/C(=N\OCc4ccccc4)[C@@H]3CC[C@H]2C(=O)N1c1ccc(F)cc1F. The summed E-state index contributed by atoms with van der Waals surface area (Å²) in [6.07, 6.45) is -1.54. The van der Waals surface area contributed by atoms with Crippen molar-refractivity contribution in [2.45, 2.75) is 38.1 Å². The van der Waals surface area contributed by atoms with Crippen LogP contribution in [0.25, 0.3) is 0 Å². The first-order valence-corrected chi connectivity index (χ1v) is 11.3. The van der Waals surface area contributed by atoms with Crippen molar-refractivity contribution in [1.29, 1.82) is 0 Å². The maximum Gasteiger partial charge on any atom is 0.238 e. The van der Waals surface area contributed by atoms with Crippen LogP contribution < -0.4 is 4.90 Å². The number of hydrogen-bond acceptors (Lipinski definition) is 6. The molecule has 0 radical (unpaired) electrons. The minimum Gasteiger partial charge on any atom is -0.391 e. The lowest BCUT2D eigenvalue weighted by atomic mass is 9.60. The molecule has 178 valence electrons. The third kappa shape index (κ3) is 3.78. The number of benzene rings is 2. The Kier molecular flexibility index (Phi) is 5.91. The van der Waals surface area contributed by atoms with E-state index in [0.29, 0.717) is 24.6 Å². The molecular weight excluding hydrogens is 446 g/mol. The average Bonchev–Trinajstić information content (AvgIpc) is 3.07. The predicted molar refractivity (Wildman–Crippen MR) is 117 cm³/mol. The second-order valence-electron chi connectivity index (χ2n) is 9.10. The van der Waals surface area contributed by atoms with Gasteiger partial charge in [-0.3, -0.25) is 9.59 Å². The van der Waals surface area contributed by atoms with Gasteiger partial charge in [-0.1, -0.05) is 35.5 Å². The molecule has 1 heterocycles. The topological polar surface area (TPSA) is 99.4 Å². The standard InChI is InChI=1S/C25H24F2N2O5/c26-14-6-9-19(17(27)10-14)29-24(32)16-8-7-15-18(28-34-12-13-4-2-1-3-5-13)11-20(30)23(31)21(15)22(16)25(29)33/h1-6,9-10,15-16,20-23,30-31H,7-8,11-12H2/b28-18+/t15-,16+,20+,21-,22+,23+/m0/s1. The minimum atomic E-state index is -1.25. The van der Waals surface area contributed by atoms with Crippen LogP contribution in [0.3, 0.4) is 0 Å². The van der Waals surface area contributed by atoms with E-state index in [-0.39, 0.29) is 24.6 Å². The van der Waals surface area contributed by atoms with Crippen LogP contribution in [0.1, 0.15) is 24.8 Å². The molecule has 0 unspecified atom stereocenters. The van der Waals surface area contributed by atoms with E-state index in [2.05, 4.69) is 5.16 Å². The van der Waals surface area contributed by atoms with E-state index < -0.39 is 53.4 Å². The third-order valence-corrected chi connectivity index (χ3v) is 7.19. The Hall–Kier alpha value is -3.17. The van der Waals surface area contributed by atoms with Gasteiger partial charge in [-0.15, -0.1) is 0 Å². The molecule has 9 heteroatoms. The van der Waals surface area contributed by atoms with Crippen molar-refractivity contribution in [2.24, 2.45) is 28.8 Å². The number of hydrogen-bond donors (Lipinski definition) is 2. The number of aliphatic hydroxyl groups is 2. The molecule has 5 rings (SSSR count). The van der Waals surface area contributed by atoms with Gasteiger partial charge < -0.3 is 15.1 Å². The van der Waals surface area contributed by atoms with Crippen LogP contribution in [-0.2, 0) is 21.0 Å². The molecule has 2 saturated carbocycles. The summed E-state index contributed by atoms with van der Waals surface area (Å²) in [6.45, 7) is 0.224. The lowest BCUT2D eigenvalue weighted by Crippen LogP contribution is -2.54. The zero-order valence-corrected chi connectivity index (χ0v) is 18.2. The summed E-state index contributed by atoms with van der Waals surface area (Å²) >= 11 is 0. The van der Waals surface area contributed by atoms with Gasteiger partial charge in [-0.25, -0.2) is 13.7 Å². The van der Waals surface area contributed by atoms with Crippen LogP contribution >= 0.6 is 0 Å². The van der Waals surface area contributed by atoms with Crippen molar-refractivity contribution in [3.8, 4) is 0 Å². The van der Waals surface area contributed by atoms with Gasteiger partial charge in [-0.2, -0.15) is 0 Å². The van der Waals surface area contributed by atoms with Gasteiger partial charge in [0.2, 0.25) is 11.8 Å². The molecule has 0 aromatic heterocycles. The second kappa shape index (κ2) is 8.88.